The topological polar surface area (TPSA) is 57.5 Å². The van der Waals surface area contributed by atoms with Gasteiger partial charge in [-0.1, -0.05) is 58.4 Å². The van der Waals surface area contributed by atoms with E-state index in [0.29, 0.717) is 0 Å². The molecule has 0 fully saturated rings. The summed E-state index contributed by atoms with van der Waals surface area (Å²) in [5.41, 5.74) is -3.31. The SMILES string of the molecule is CBr.O=C(O)C(O)(c1ccccc1)c1cccc(F)c1F. The smallest absolute Gasteiger partial charge is 0.345 e. The molecule has 0 aromatic heterocycles. The minimum atomic E-state index is -2.63. The molecule has 2 rings (SSSR count). The second-order valence-electron chi connectivity index (χ2n) is 3.98. The first kappa shape index (κ1) is 17.3. The van der Waals surface area contributed by atoms with Crippen LogP contribution in [0.3, 0.4) is 0 Å². The maximum atomic E-state index is 13.7. The fraction of sp³-hybridized carbons (Fsp3) is 0.133. The number of hydrogen-bond acceptors (Lipinski definition) is 2. The molecule has 1 unspecified atom stereocenters. The molecule has 0 saturated heterocycles. The number of aliphatic carboxylic acids is 1. The fourth-order valence-corrected chi connectivity index (χ4v) is 1.86. The van der Waals surface area contributed by atoms with Crippen LogP contribution in [0.5, 0.6) is 0 Å². The van der Waals surface area contributed by atoms with Crippen molar-refractivity contribution in [3.8, 4) is 0 Å². The van der Waals surface area contributed by atoms with E-state index >= 15 is 0 Å². The van der Waals surface area contributed by atoms with Crippen molar-refractivity contribution in [3.05, 3.63) is 71.3 Å². The third-order valence-corrected chi connectivity index (χ3v) is 2.84. The Morgan fingerprint density at radius 2 is 1.62 bits per heavy atom. The maximum Gasteiger partial charge on any atom is 0.345 e. The van der Waals surface area contributed by atoms with Gasteiger partial charge in [0.15, 0.2) is 11.6 Å². The van der Waals surface area contributed by atoms with Gasteiger partial charge < -0.3 is 10.2 Å². The van der Waals surface area contributed by atoms with Gasteiger partial charge in [-0.3, -0.25) is 0 Å². The van der Waals surface area contributed by atoms with Crippen LogP contribution in [0.4, 0.5) is 8.78 Å². The predicted octanol–water partition coefficient (Wildman–Crippen LogP) is 3.30. The molecule has 1 atom stereocenters. The lowest BCUT2D eigenvalue weighted by atomic mass is 9.86. The van der Waals surface area contributed by atoms with Gasteiger partial charge in [0.1, 0.15) is 0 Å². The zero-order valence-corrected chi connectivity index (χ0v) is 12.6. The third-order valence-electron chi connectivity index (χ3n) is 2.84. The molecule has 0 aliphatic rings. The van der Waals surface area contributed by atoms with Gasteiger partial charge in [-0.25, -0.2) is 13.6 Å². The van der Waals surface area contributed by atoms with Gasteiger partial charge in [0, 0.05) is 5.56 Å². The average Bonchev–Trinajstić information content (AvgIpc) is 2.52. The Labute approximate surface area is 129 Å². The van der Waals surface area contributed by atoms with Gasteiger partial charge >= 0.3 is 5.97 Å². The van der Waals surface area contributed by atoms with Crippen LogP contribution in [0.1, 0.15) is 11.1 Å². The van der Waals surface area contributed by atoms with Crippen molar-refractivity contribution >= 4 is 21.9 Å². The molecule has 0 spiro atoms. The highest BCUT2D eigenvalue weighted by Gasteiger charge is 2.42. The van der Waals surface area contributed by atoms with E-state index < -0.39 is 28.8 Å². The summed E-state index contributed by atoms with van der Waals surface area (Å²) in [6.45, 7) is 0. The van der Waals surface area contributed by atoms with Crippen molar-refractivity contribution in [1.29, 1.82) is 0 Å². The molecular formula is C15H13BrF2O3. The van der Waals surface area contributed by atoms with E-state index in [-0.39, 0.29) is 5.56 Å². The van der Waals surface area contributed by atoms with Crippen molar-refractivity contribution in [2.45, 2.75) is 5.60 Å². The van der Waals surface area contributed by atoms with Crippen molar-refractivity contribution in [2.24, 2.45) is 0 Å². The van der Waals surface area contributed by atoms with Gasteiger partial charge in [-0.15, -0.1) is 0 Å². The number of carbonyl (C=O) groups is 1. The molecule has 3 nitrogen and oxygen atoms in total. The van der Waals surface area contributed by atoms with E-state index in [9.17, 15) is 23.8 Å². The summed E-state index contributed by atoms with van der Waals surface area (Å²) in [5.74, 6) is -2.46. The monoisotopic (exact) mass is 358 g/mol. The Hall–Kier alpha value is -1.79. The maximum absolute atomic E-state index is 13.7. The largest absolute Gasteiger partial charge is 0.479 e. The quantitative estimate of drug-likeness (QED) is 0.827. The number of benzene rings is 2. The molecule has 0 bridgehead atoms. The lowest BCUT2D eigenvalue weighted by molar-refractivity contribution is -0.155. The van der Waals surface area contributed by atoms with Gasteiger partial charge in [-0.2, -0.15) is 0 Å². The summed E-state index contributed by atoms with van der Waals surface area (Å²) in [6.07, 6.45) is 0. The molecule has 2 aromatic rings. The number of rotatable bonds is 3. The Balaban J connectivity index is 0.00000106. The van der Waals surface area contributed by atoms with Crippen LogP contribution in [0.2, 0.25) is 0 Å². The minimum Gasteiger partial charge on any atom is -0.479 e. The molecule has 2 N–H and O–H groups in total. The van der Waals surface area contributed by atoms with E-state index in [4.69, 9.17) is 0 Å². The number of halogens is 3. The van der Waals surface area contributed by atoms with Crippen LogP contribution >= 0.6 is 15.9 Å². The molecule has 0 amide bonds. The molecule has 0 saturated carbocycles. The highest BCUT2D eigenvalue weighted by molar-refractivity contribution is 9.08. The third kappa shape index (κ3) is 3.28. The van der Waals surface area contributed by atoms with Crippen molar-refractivity contribution in [1.82, 2.24) is 0 Å². The highest BCUT2D eigenvalue weighted by Crippen LogP contribution is 2.32. The zero-order valence-electron chi connectivity index (χ0n) is 11.1. The molecule has 6 heteroatoms. The lowest BCUT2D eigenvalue weighted by Crippen LogP contribution is -2.38. The minimum absolute atomic E-state index is 0.0491. The van der Waals surface area contributed by atoms with Crippen molar-refractivity contribution in [3.63, 3.8) is 0 Å². The Kier molecular flexibility index (Phi) is 5.99. The average molecular weight is 359 g/mol. The Morgan fingerprint density at radius 3 is 2.14 bits per heavy atom. The fourth-order valence-electron chi connectivity index (χ4n) is 1.86. The van der Waals surface area contributed by atoms with Gasteiger partial charge in [0.05, 0.1) is 0 Å². The van der Waals surface area contributed by atoms with E-state index in [0.717, 1.165) is 18.2 Å². The summed E-state index contributed by atoms with van der Waals surface area (Å²) >= 11 is 2.94. The predicted molar refractivity (Wildman–Crippen MR) is 78.3 cm³/mol. The number of carboxylic acid groups (broad SMARTS) is 1. The van der Waals surface area contributed by atoms with E-state index in [2.05, 4.69) is 15.9 Å². The van der Waals surface area contributed by atoms with Crippen molar-refractivity contribution < 1.29 is 23.8 Å². The molecule has 2 aromatic carbocycles. The Morgan fingerprint density at radius 1 is 1.05 bits per heavy atom. The summed E-state index contributed by atoms with van der Waals surface area (Å²) in [7, 11) is 0. The second kappa shape index (κ2) is 7.28. The van der Waals surface area contributed by atoms with Crippen LogP contribution < -0.4 is 0 Å². The molecule has 0 radical (unpaired) electrons. The lowest BCUT2D eigenvalue weighted by Gasteiger charge is -2.24. The first-order chi connectivity index (χ1) is 9.98. The van der Waals surface area contributed by atoms with Gasteiger partial charge in [-0.05, 0) is 17.5 Å². The second-order valence-corrected chi connectivity index (χ2v) is 3.98. The summed E-state index contributed by atoms with van der Waals surface area (Å²) in [4.78, 5) is 11.3. The molecule has 21 heavy (non-hydrogen) atoms. The Bertz CT molecular complexity index is 620. The summed E-state index contributed by atoms with van der Waals surface area (Å²) in [6, 6.07) is 10.3. The van der Waals surface area contributed by atoms with Crippen LogP contribution in [0.25, 0.3) is 0 Å². The summed E-state index contributed by atoms with van der Waals surface area (Å²) in [5, 5.41) is 19.5. The number of aliphatic hydroxyl groups is 1. The number of alkyl halides is 1. The molecule has 0 aliphatic carbocycles. The zero-order chi connectivity index (χ0) is 16.0. The molecule has 0 heterocycles. The number of carboxylic acids is 1. The van der Waals surface area contributed by atoms with E-state index in [1.807, 2.05) is 5.83 Å². The normalized spacial score (nSPS) is 12.8. The first-order valence-corrected chi connectivity index (χ1v) is 7.40. The first-order valence-electron chi connectivity index (χ1n) is 5.81. The van der Waals surface area contributed by atoms with Crippen LogP contribution in [-0.2, 0) is 10.4 Å². The number of hydrogen-bond donors (Lipinski definition) is 2. The van der Waals surface area contributed by atoms with Crippen LogP contribution in [-0.4, -0.2) is 22.0 Å². The molecule has 112 valence electrons. The van der Waals surface area contributed by atoms with Crippen LogP contribution in [0, 0.1) is 11.6 Å². The highest BCUT2D eigenvalue weighted by atomic mass is 79.9. The van der Waals surface area contributed by atoms with Gasteiger partial charge in [0.2, 0.25) is 5.60 Å². The molecule has 0 aliphatic heterocycles. The standard InChI is InChI=1S/C14H10F2O3.CH3Br/c15-11-8-4-7-10(12(11)16)14(19,13(17)18)9-5-2-1-3-6-9;1-2/h1-8,19H,(H,17,18);1H3. The van der Waals surface area contributed by atoms with E-state index in [1.54, 1.807) is 6.07 Å². The summed E-state index contributed by atoms with van der Waals surface area (Å²) < 4.78 is 27.0. The van der Waals surface area contributed by atoms with Crippen LogP contribution in [0.15, 0.2) is 48.5 Å². The van der Waals surface area contributed by atoms with Crippen molar-refractivity contribution in [2.75, 3.05) is 5.83 Å². The van der Waals surface area contributed by atoms with E-state index in [1.165, 1.54) is 24.3 Å². The molecular weight excluding hydrogens is 346 g/mol. The van der Waals surface area contributed by atoms with Gasteiger partial charge in [0.25, 0.3) is 0 Å².